The van der Waals surface area contributed by atoms with Crippen LogP contribution in [0, 0.1) is 5.92 Å². The Bertz CT molecular complexity index is 450. The molecule has 96 valence electrons. The zero-order valence-corrected chi connectivity index (χ0v) is 10.6. The summed E-state index contributed by atoms with van der Waals surface area (Å²) in [6, 6.07) is 6.71. The molecular formula is C13H16N2O3. The van der Waals surface area contributed by atoms with E-state index in [-0.39, 0.29) is 17.8 Å². The van der Waals surface area contributed by atoms with Gasteiger partial charge in [0, 0.05) is 5.92 Å². The minimum atomic E-state index is -0.383. The summed E-state index contributed by atoms with van der Waals surface area (Å²) in [5.41, 5.74) is 3.68. The molecule has 5 nitrogen and oxygen atoms in total. The van der Waals surface area contributed by atoms with Crippen molar-refractivity contribution in [2.45, 2.75) is 13.8 Å². The maximum Gasteiger partial charge on any atom is 0.337 e. The van der Waals surface area contributed by atoms with Crippen molar-refractivity contribution in [3.05, 3.63) is 35.4 Å². The molecule has 0 aliphatic carbocycles. The molecule has 5 heteroatoms. The van der Waals surface area contributed by atoms with E-state index in [9.17, 15) is 9.59 Å². The molecule has 1 amide bonds. The summed E-state index contributed by atoms with van der Waals surface area (Å²) in [7, 11) is 1.33. The van der Waals surface area contributed by atoms with Crippen LogP contribution in [0.4, 0.5) is 0 Å². The van der Waals surface area contributed by atoms with Gasteiger partial charge in [-0.3, -0.25) is 4.79 Å². The highest BCUT2D eigenvalue weighted by Crippen LogP contribution is 2.03. The molecule has 0 aliphatic heterocycles. The molecule has 0 saturated carbocycles. The van der Waals surface area contributed by atoms with Gasteiger partial charge in [0.25, 0.3) is 0 Å². The van der Waals surface area contributed by atoms with Gasteiger partial charge in [-0.25, -0.2) is 10.2 Å². The molecule has 0 aromatic heterocycles. The van der Waals surface area contributed by atoms with Crippen LogP contribution in [0.5, 0.6) is 0 Å². The van der Waals surface area contributed by atoms with Crippen LogP contribution >= 0.6 is 0 Å². The van der Waals surface area contributed by atoms with Crippen LogP contribution in [-0.4, -0.2) is 25.2 Å². The predicted octanol–water partition coefficient (Wildman–Crippen LogP) is 1.58. The number of amides is 1. The van der Waals surface area contributed by atoms with Gasteiger partial charge in [0.1, 0.15) is 0 Å². The molecule has 1 rings (SSSR count). The van der Waals surface area contributed by atoms with E-state index in [2.05, 4.69) is 15.3 Å². The van der Waals surface area contributed by atoms with Gasteiger partial charge in [-0.1, -0.05) is 26.0 Å². The molecule has 0 fully saturated rings. The second-order valence-electron chi connectivity index (χ2n) is 4.00. The van der Waals surface area contributed by atoms with E-state index < -0.39 is 0 Å². The largest absolute Gasteiger partial charge is 0.465 e. The molecule has 0 bridgehead atoms. The minimum absolute atomic E-state index is 0.108. The van der Waals surface area contributed by atoms with Gasteiger partial charge in [0.15, 0.2) is 0 Å². The Morgan fingerprint density at radius 1 is 1.28 bits per heavy atom. The van der Waals surface area contributed by atoms with E-state index in [1.165, 1.54) is 13.3 Å². The summed E-state index contributed by atoms with van der Waals surface area (Å²) in [6.07, 6.45) is 1.52. The lowest BCUT2D eigenvalue weighted by Crippen LogP contribution is -2.22. The number of rotatable bonds is 4. The monoisotopic (exact) mass is 248 g/mol. The first-order valence-corrected chi connectivity index (χ1v) is 5.56. The third-order valence-electron chi connectivity index (χ3n) is 2.24. The standard InChI is InChI=1S/C13H16N2O3/c1-9(2)12(16)15-14-8-10-4-6-11(7-5-10)13(17)18-3/h4-9H,1-3H3,(H,15,16)/b14-8+. The molecule has 0 spiro atoms. The normalized spacial score (nSPS) is 10.7. The number of hydrogen-bond donors (Lipinski definition) is 1. The smallest absolute Gasteiger partial charge is 0.337 e. The summed E-state index contributed by atoms with van der Waals surface area (Å²) >= 11 is 0. The Morgan fingerprint density at radius 2 is 1.89 bits per heavy atom. The van der Waals surface area contributed by atoms with Crippen LogP contribution in [-0.2, 0) is 9.53 Å². The number of esters is 1. The van der Waals surface area contributed by atoms with E-state index in [0.717, 1.165) is 5.56 Å². The van der Waals surface area contributed by atoms with E-state index >= 15 is 0 Å². The van der Waals surface area contributed by atoms with Crippen LogP contribution in [0.25, 0.3) is 0 Å². The average Bonchev–Trinajstić information content (AvgIpc) is 2.38. The lowest BCUT2D eigenvalue weighted by atomic mass is 10.1. The van der Waals surface area contributed by atoms with Crippen LogP contribution in [0.15, 0.2) is 29.4 Å². The van der Waals surface area contributed by atoms with Gasteiger partial charge in [-0.15, -0.1) is 0 Å². The number of nitrogens with one attached hydrogen (secondary N) is 1. The Hall–Kier alpha value is -2.17. The number of methoxy groups -OCH3 is 1. The Labute approximate surface area is 106 Å². The summed E-state index contributed by atoms with van der Waals surface area (Å²) < 4.78 is 4.59. The first-order chi connectivity index (χ1) is 8.54. The fraction of sp³-hybridized carbons (Fsp3) is 0.308. The van der Waals surface area contributed by atoms with Crippen molar-refractivity contribution >= 4 is 18.1 Å². The lowest BCUT2D eigenvalue weighted by molar-refractivity contribution is -0.123. The lowest BCUT2D eigenvalue weighted by Gasteiger charge is -2.01. The first kappa shape index (κ1) is 13.9. The van der Waals surface area contributed by atoms with Crippen LogP contribution in [0.3, 0.4) is 0 Å². The minimum Gasteiger partial charge on any atom is -0.465 e. The Kier molecular flexibility index (Phi) is 5.05. The zero-order chi connectivity index (χ0) is 13.5. The van der Waals surface area contributed by atoms with Gasteiger partial charge in [0.05, 0.1) is 18.9 Å². The van der Waals surface area contributed by atoms with E-state index in [1.807, 2.05) is 0 Å². The van der Waals surface area contributed by atoms with E-state index in [1.54, 1.807) is 38.1 Å². The third-order valence-corrected chi connectivity index (χ3v) is 2.24. The summed E-state index contributed by atoms with van der Waals surface area (Å²) in [4.78, 5) is 22.4. The highest BCUT2D eigenvalue weighted by atomic mass is 16.5. The average molecular weight is 248 g/mol. The number of hydrogen-bond acceptors (Lipinski definition) is 4. The van der Waals surface area contributed by atoms with Crippen molar-refractivity contribution in [2.75, 3.05) is 7.11 Å². The van der Waals surface area contributed by atoms with Gasteiger partial charge in [-0.05, 0) is 17.7 Å². The van der Waals surface area contributed by atoms with Gasteiger partial charge in [-0.2, -0.15) is 5.10 Å². The van der Waals surface area contributed by atoms with Crippen molar-refractivity contribution in [3.8, 4) is 0 Å². The number of carbonyl (C=O) groups is 2. The number of hydrazone groups is 1. The second kappa shape index (κ2) is 6.54. The Morgan fingerprint density at radius 3 is 2.39 bits per heavy atom. The molecule has 1 aromatic rings. The molecule has 0 radical (unpaired) electrons. The zero-order valence-electron chi connectivity index (χ0n) is 10.6. The first-order valence-electron chi connectivity index (χ1n) is 5.56. The highest BCUT2D eigenvalue weighted by Gasteiger charge is 2.04. The highest BCUT2D eigenvalue weighted by molar-refractivity contribution is 5.90. The Balaban J connectivity index is 2.61. The number of benzene rings is 1. The van der Waals surface area contributed by atoms with Crippen LogP contribution in [0.2, 0.25) is 0 Å². The molecule has 0 atom stereocenters. The SMILES string of the molecule is COC(=O)c1ccc(/C=N/NC(=O)C(C)C)cc1. The molecule has 0 unspecified atom stereocenters. The molecule has 0 aliphatic rings. The van der Waals surface area contributed by atoms with Crippen molar-refractivity contribution < 1.29 is 14.3 Å². The van der Waals surface area contributed by atoms with Gasteiger partial charge >= 0.3 is 5.97 Å². The second-order valence-corrected chi connectivity index (χ2v) is 4.00. The number of carbonyl (C=O) groups excluding carboxylic acids is 2. The molecular weight excluding hydrogens is 232 g/mol. The van der Waals surface area contributed by atoms with Crippen LogP contribution in [0.1, 0.15) is 29.8 Å². The van der Waals surface area contributed by atoms with Crippen molar-refractivity contribution in [3.63, 3.8) is 0 Å². The summed E-state index contributed by atoms with van der Waals surface area (Å²) in [6.45, 7) is 3.58. The van der Waals surface area contributed by atoms with E-state index in [4.69, 9.17) is 0 Å². The maximum atomic E-state index is 11.2. The van der Waals surface area contributed by atoms with Crippen LogP contribution < -0.4 is 5.43 Å². The van der Waals surface area contributed by atoms with Crippen molar-refractivity contribution in [1.29, 1.82) is 0 Å². The van der Waals surface area contributed by atoms with Gasteiger partial charge < -0.3 is 4.74 Å². The molecule has 1 aromatic carbocycles. The topological polar surface area (TPSA) is 67.8 Å². The summed E-state index contributed by atoms with van der Waals surface area (Å²) in [5.74, 6) is -0.632. The fourth-order valence-corrected chi connectivity index (χ4v) is 1.12. The molecule has 1 N–H and O–H groups in total. The van der Waals surface area contributed by atoms with Crippen molar-refractivity contribution in [1.82, 2.24) is 5.43 Å². The molecule has 0 saturated heterocycles. The molecule has 0 heterocycles. The fourth-order valence-electron chi connectivity index (χ4n) is 1.12. The van der Waals surface area contributed by atoms with Crippen molar-refractivity contribution in [2.24, 2.45) is 11.0 Å². The quantitative estimate of drug-likeness (QED) is 0.499. The van der Waals surface area contributed by atoms with Gasteiger partial charge in [0.2, 0.25) is 5.91 Å². The third kappa shape index (κ3) is 4.01. The summed E-state index contributed by atoms with van der Waals surface area (Å²) in [5, 5.41) is 3.82. The number of nitrogens with zero attached hydrogens (tertiary/aromatic N) is 1. The predicted molar refractivity (Wildman–Crippen MR) is 68.4 cm³/mol. The maximum absolute atomic E-state index is 11.2. The number of ether oxygens (including phenoxy) is 1. The van der Waals surface area contributed by atoms with E-state index in [0.29, 0.717) is 5.56 Å². The molecule has 18 heavy (non-hydrogen) atoms.